The maximum absolute atomic E-state index is 12.6. The van der Waals surface area contributed by atoms with Crippen LogP contribution in [0.2, 0.25) is 5.02 Å². The molecule has 1 aromatic rings. The van der Waals surface area contributed by atoms with E-state index >= 15 is 0 Å². The van der Waals surface area contributed by atoms with E-state index in [4.69, 9.17) is 16.3 Å². The molecule has 0 radical (unpaired) electrons. The first kappa shape index (κ1) is 20.4. The van der Waals surface area contributed by atoms with E-state index in [2.05, 4.69) is 5.32 Å². The topological polar surface area (TPSA) is 75.7 Å². The molecule has 0 spiro atoms. The first-order valence-electron chi connectivity index (χ1n) is 8.41. The summed E-state index contributed by atoms with van der Waals surface area (Å²) < 4.78 is 5.79. The Morgan fingerprint density at radius 2 is 1.92 bits per heavy atom. The summed E-state index contributed by atoms with van der Waals surface area (Å²) in [7, 11) is 0. The molecule has 142 valence electrons. The number of carbonyl (C=O) groups excluding carboxylic acids is 3. The molecule has 1 aliphatic rings. The molecular formula is C19H25ClN2O4. The molecule has 1 fully saturated rings. The second-order valence-corrected chi connectivity index (χ2v) is 8.59. The van der Waals surface area contributed by atoms with Crippen LogP contribution in [0.4, 0.5) is 5.69 Å². The predicted octanol–water partition coefficient (Wildman–Crippen LogP) is 3.75. The second kappa shape index (κ2) is 7.00. The van der Waals surface area contributed by atoms with E-state index in [1.165, 1.54) is 6.92 Å². The zero-order valence-corrected chi connectivity index (χ0v) is 16.7. The Kier molecular flexibility index (Phi) is 5.49. The van der Waals surface area contributed by atoms with Crippen molar-refractivity contribution in [2.45, 2.75) is 47.8 Å². The third kappa shape index (κ3) is 4.07. The van der Waals surface area contributed by atoms with Gasteiger partial charge in [0, 0.05) is 23.6 Å². The number of imide groups is 1. The van der Waals surface area contributed by atoms with Gasteiger partial charge in [-0.2, -0.15) is 0 Å². The summed E-state index contributed by atoms with van der Waals surface area (Å²) in [6.45, 7) is 10.4. The summed E-state index contributed by atoms with van der Waals surface area (Å²) in [5.74, 6) is -0.853. The summed E-state index contributed by atoms with van der Waals surface area (Å²) in [5, 5.41) is 3.10. The van der Waals surface area contributed by atoms with Crippen LogP contribution in [0, 0.1) is 10.8 Å². The molecule has 3 amide bonds. The number of carbonyl (C=O) groups is 3. The molecule has 0 aliphatic carbocycles. The average molecular weight is 381 g/mol. The lowest BCUT2D eigenvalue weighted by Gasteiger charge is -2.41. The molecule has 26 heavy (non-hydrogen) atoms. The maximum Gasteiger partial charge on any atom is 0.239 e. The summed E-state index contributed by atoms with van der Waals surface area (Å²) in [6, 6.07) is 4.93. The van der Waals surface area contributed by atoms with E-state index in [1.54, 1.807) is 32.0 Å². The Morgan fingerprint density at radius 1 is 1.31 bits per heavy atom. The second-order valence-electron chi connectivity index (χ2n) is 8.18. The van der Waals surface area contributed by atoms with Crippen LogP contribution in [0.15, 0.2) is 18.2 Å². The van der Waals surface area contributed by atoms with Crippen molar-refractivity contribution in [2.75, 3.05) is 11.9 Å². The van der Waals surface area contributed by atoms with Gasteiger partial charge in [-0.25, -0.2) is 0 Å². The number of amides is 3. The lowest BCUT2D eigenvalue weighted by molar-refractivity contribution is -0.187. The third-order valence-corrected chi connectivity index (χ3v) is 4.51. The summed E-state index contributed by atoms with van der Waals surface area (Å²) in [4.78, 5) is 37.9. The normalized spacial score (nSPS) is 20.0. The van der Waals surface area contributed by atoms with Crippen molar-refractivity contribution in [3.63, 3.8) is 0 Å². The molecule has 7 heteroatoms. The van der Waals surface area contributed by atoms with E-state index in [0.29, 0.717) is 16.3 Å². The van der Waals surface area contributed by atoms with Crippen molar-refractivity contribution in [3.05, 3.63) is 28.8 Å². The number of nitrogens with one attached hydrogen (secondary N) is 1. The minimum Gasteiger partial charge on any atom is -0.352 e. The third-order valence-electron chi connectivity index (χ3n) is 4.18. The van der Waals surface area contributed by atoms with Crippen LogP contribution in [-0.4, -0.2) is 29.2 Å². The van der Waals surface area contributed by atoms with Crippen molar-refractivity contribution >= 4 is 35.0 Å². The Labute approximate surface area is 158 Å². The number of benzene rings is 1. The minimum atomic E-state index is -0.882. The van der Waals surface area contributed by atoms with Crippen molar-refractivity contribution in [3.8, 4) is 0 Å². The fraction of sp³-hybridized carbons (Fsp3) is 0.526. The van der Waals surface area contributed by atoms with Gasteiger partial charge in [0.2, 0.25) is 17.7 Å². The van der Waals surface area contributed by atoms with E-state index < -0.39 is 23.0 Å². The van der Waals surface area contributed by atoms with Crippen LogP contribution in [-0.2, 0) is 19.1 Å². The minimum absolute atomic E-state index is 0.141. The lowest BCUT2D eigenvalue weighted by Crippen LogP contribution is -2.53. The number of rotatable bonds is 2. The van der Waals surface area contributed by atoms with E-state index in [-0.39, 0.29) is 18.4 Å². The monoisotopic (exact) mass is 380 g/mol. The highest BCUT2D eigenvalue weighted by Crippen LogP contribution is 2.38. The Hall–Kier alpha value is -1.92. The van der Waals surface area contributed by atoms with E-state index in [9.17, 15) is 14.4 Å². The standard InChI is InChI=1S/C19H25ClN2O4/c1-11(23)22-15(26-10-19(5,6)17(22)25)13-8-7-12(9-14(13)20)21-16(24)18(2,3)4/h7-9,15H,10H2,1-6H3,(H,21,24). The first-order chi connectivity index (χ1) is 11.8. The van der Waals surface area contributed by atoms with Gasteiger partial charge in [-0.1, -0.05) is 38.4 Å². The van der Waals surface area contributed by atoms with Gasteiger partial charge < -0.3 is 10.1 Å². The lowest BCUT2D eigenvalue weighted by atomic mass is 9.90. The van der Waals surface area contributed by atoms with Gasteiger partial charge in [0.1, 0.15) is 0 Å². The Morgan fingerprint density at radius 3 is 2.42 bits per heavy atom. The van der Waals surface area contributed by atoms with Crippen LogP contribution in [0.3, 0.4) is 0 Å². The highest BCUT2D eigenvalue weighted by Gasteiger charge is 2.44. The molecule has 1 aliphatic heterocycles. The van der Waals surface area contributed by atoms with Crippen molar-refractivity contribution in [1.82, 2.24) is 4.90 Å². The largest absolute Gasteiger partial charge is 0.352 e. The average Bonchev–Trinajstić information content (AvgIpc) is 2.49. The molecule has 1 aromatic carbocycles. The summed E-state index contributed by atoms with van der Waals surface area (Å²) in [5.41, 5.74) is -0.286. The van der Waals surface area contributed by atoms with Gasteiger partial charge >= 0.3 is 0 Å². The SMILES string of the molecule is CC(=O)N1C(=O)C(C)(C)COC1c1ccc(NC(=O)C(C)(C)C)cc1Cl. The molecular weight excluding hydrogens is 356 g/mol. The smallest absolute Gasteiger partial charge is 0.239 e. The number of anilines is 1. The Balaban J connectivity index is 2.32. The summed E-state index contributed by atoms with van der Waals surface area (Å²) >= 11 is 6.37. The zero-order chi connectivity index (χ0) is 19.9. The number of halogens is 1. The summed E-state index contributed by atoms with van der Waals surface area (Å²) in [6.07, 6.45) is -0.882. The van der Waals surface area contributed by atoms with Crippen molar-refractivity contribution in [1.29, 1.82) is 0 Å². The van der Waals surface area contributed by atoms with Crippen molar-refractivity contribution in [2.24, 2.45) is 10.8 Å². The van der Waals surface area contributed by atoms with Crippen LogP contribution in [0.25, 0.3) is 0 Å². The number of ether oxygens (including phenoxy) is 1. The fourth-order valence-electron chi connectivity index (χ4n) is 2.52. The van der Waals surface area contributed by atoms with Crippen LogP contribution in [0.5, 0.6) is 0 Å². The Bertz CT molecular complexity index is 752. The van der Waals surface area contributed by atoms with Crippen LogP contribution < -0.4 is 5.32 Å². The molecule has 6 nitrogen and oxygen atoms in total. The van der Waals surface area contributed by atoms with Gasteiger partial charge in [-0.15, -0.1) is 0 Å². The molecule has 1 saturated heterocycles. The molecule has 0 saturated carbocycles. The molecule has 2 rings (SSSR count). The molecule has 0 aromatic heterocycles. The quantitative estimate of drug-likeness (QED) is 0.847. The highest BCUT2D eigenvalue weighted by atomic mass is 35.5. The zero-order valence-electron chi connectivity index (χ0n) is 16.0. The van der Waals surface area contributed by atoms with Gasteiger partial charge in [0.25, 0.3) is 0 Å². The maximum atomic E-state index is 12.6. The molecule has 1 heterocycles. The molecule has 0 bridgehead atoms. The fourth-order valence-corrected chi connectivity index (χ4v) is 2.79. The molecule has 1 N–H and O–H groups in total. The van der Waals surface area contributed by atoms with E-state index in [0.717, 1.165) is 4.90 Å². The highest BCUT2D eigenvalue weighted by molar-refractivity contribution is 6.31. The van der Waals surface area contributed by atoms with Crippen LogP contribution >= 0.6 is 11.6 Å². The van der Waals surface area contributed by atoms with E-state index in [1.807, 2.05) is 20.8 Å². The van der Waals surface area contributed by atoms with Gasteiger partial charge in [0.05, 0.1) is 17.0 Å². The predicted molar refractivity (Wildman–Crippen MR) is 99.5 cm³/mol. The first-order valence-corrected chi connectivity index (χ1v) is 8.79. The molecule has 1 unspecified atom stereocenters. The number of nitrogens with zero attached hydrogens (tertiary/aromatic N) is 1. The van der Waals surface area contributed by atoms with Gasteiger partial charge in [-0.05, 0) is 26.0 Å². The van der Waals surface area contributed by atoms with Gasteiger partial charge in [0.15, 0.2) is 6.23 Å². The number of hydrogen-bond donors (Lipinski definition) is 1. The molecule has 1 atom stereocenters. The van der Waals surface area contributed by atoms with Gasteiger partial charge in [-0.3, -0.25) is 19.3 Å². The van der Waals surface area contributed by atoms with Crippen molar-refractivity contribution < 1.29 is 19.1 Å². The van der Waals surface area contributed by atoms with Crippen LogP contribution in [0.1, 0.15) is 53.3 Å². The number of hydrogen-bond acceptors (Lipinski definition) is 4.